The van der Waals surface area contributed by atoms with Crippen molar-refractivity contribution in [3.05, 3.63) is 84.1 Å². The molecule has 0 saturated carbocycles. The van der Waals surface area contributed by atoms with Crippen LogP contribution in [0.4, 0.5) is 33.7 Å². The number of alkyl halides is 3. The standard InChI is InChI=1S/C24H24F4N4O2/c25-18-5-9-20(10-6-18)31-11-13-32(14-12-31)21(22-2-1-15-34-22)16-29-23(33)30-19-7-3-17(4-8-19)24(26,27)28/h1-10,15,21H,11-14,16H2,(H2,29,30,33). The predicted octanol–water partition coefficient (Wildman–Crippen LogP) is 5.12. The first-order valence-electron chi connectivity index (χ1n) is 10.8. The third-order valence-electron chi connectivity index (χ3n) is 5.74. The van der Waals surface area contributed by atoms with E-state index >= 15 is 0 Å². The monoisotopic (exact) mass is 476 g/mol. The zero-order valence-electron chi connectivity index (χ0n) is 18.2. The fraction of sp³-hybridized carbons (Fsp3) is 0.292. The number of nitrogens with zero attached hydrogens (tertiary/aromatic N) is 2. The molecule has 180 valence electrons. The molecule has 1 fully saturated rings. The number of urea groups is 1. The third-order valence-corrected chi connectivity index (χ3v) is 5.74. The first-order chi connectivity index (χ1) is 16.3. The second kappa shape index (κ2) is 10.2. The number of hydrogen-bond acceptors (Lipinski definition) is 4. The summed E-state index contributed by atoms with van der Waals surface area (Å²) in [7, 11) is 0. The molecule has 2 N–H and O–H groups in total. The van der Waals surface area contributed by atoms with E-state index in [-0.39, 0.29) is 24.1 Å². The highest BCUT2D eigenvalue weighted by Crippen LogP contribution is 2.30. The van der Waals surface area contributed by atoms with Crippen molar-refractivity contribution in [3.8, 4) is 0 Å². The minimum Gasteiger partial charge on any atom is -0.468 e. The molecule has 1 atom stereocenters. The van der Waals surface area contributed by atoms with Crippen LogP contribution in [0.15, 0.2) is 71.3 Å². The van der Waals surface area contributed by atoms with E-state index in [2.05, 4.69) is 20.4 Å². The van der Waals surface area contributed by atoms with E-state index in [9.17, 15) is 22.4 Å². The first kappa shape index (κ1) is 23.6. The summed E-state index contributed by atoms with van der Waals surface area (Å²) in [5.41, 5.74) is 0.425. The molecule has 0 spiro atoms. The zero-order valence-corrected chi connectivity index (χ0v) is 18.2. The largest absolute Gasteiger partial charge is 0.468 e. The van der Waals surface area contributed by atoms with Crippen molar-refractivity contribution in [1.82, 2.24) is 10.2 Å². The van der Waals surface area contributed by atoms with Gasteiger partial charge in [-0.15, -0.1) is 0 Å². The van der Waals surface area contributed by atoms with Crippen molar-refractivity contribution in [2.75, 3.05) is 42.9 Å². The van der Waals surface area contributed by atoms with Gasteiger partial charge in [0.05, 0.1) is 17.9 Å². The normalized spacial score (nSPS) is 15.7. The average Bonchev–Trinajstić information content (AvgIpc) is 3.35. The number of nitrogens with one attached hydrogen (secondary N) is 2. The van der Waals surface area contributed by atoms with Crippen LogP contribution in [0.3, 0.4) is 0 Å². The number of hydrogen-bond donors (Lipinski definition) is 2. The first-order valence-corrected chi connectivity index (χ1v) is 10.8. The number of carbonyl (C=O) groups is 1. The van der Waals surface area contributed by atoms with Gasteiger partial charge in [0, 0.05) is 44.1 Å². The maximum atomic E-state index is 13.2. The van der Waals surface area contributed by atoms with E-state index in [0.717, 1.165) is 30.9 Å². The zero-order chi connectivity index (χ0) is 24.1. The maximum Gasteiger partial charge on any atom is 0.416 e. The number of piperazine rings is 1. The Kier molecular flexibility index (Phi) is 7.06. The van der Waals surface area contributed by atoms with E-state index in [0.29, 0.717) is 18.8 Å². The SMILES string of the molecule is O=C(NCC(c1ccco1)N1CCN(c2ccc(F)cc2)CC1)Nc1ccc(C(F)(F)F)cc1. The summed E-state index contributed by atoms with van der Waals surface area (Å²) < 4.78 is 56.9. The van der Waals surface area contributed by atoms with E-state index in [1.807, 2.05) is 6.07 Å². The van der Waals surface area contributed by atoms with Gasteiger partial charge in [-0.3, -0.25) is 4.90 Å². The third kappa shape index (κ3) is 5.88. The lowest BCUT2D eigenvalue weighted by atomic mass is 10.1. The second-order valence-electron chi connectivity index (χ2n) is 7.94. The predicted molar refractivity (Wildman–Crippen MR) is 120 cm³/mol. The molecule has 0 radical (unpaired) electrons. The smallest absolute Gasteiger partial charge is 0.416 e. The minimum absolute atomic E-state index is 0.219. The Hall–Kier alpha value is -3.53. The van der Waals surface area contributed by atoms with E-state index in [1.165, 1.54) is 24.3 Å². The molecule has 34 heavy (non-hydrogen) atoms. The fourth-order valence-corrected chi connectivity index (χ4v) is 3.94. The quantitative estimate of drug-likeness (QED) is 0.485. The number of carbonyl (C=O) groups excluding carboxylic acids is 1. The van der Waals surface area contributed by atoms with Gasteiger partial charge in [-0.05, 0) is 60.7 Å². The highest BCUT2D eigenvalue weighted by Gasteiger charge is 2.30. The highest BCUT2D eigenvalue weighted by atomic mass is 19.4. The molecular formula is C24H24F4N4O2. The van der Waals surface area contributed by atoms with E-state index < -0.39 is 17.8 Å². The topological polar surface area (TPSA) is 60.8 Å². The van der Waals surface area contributed by atoms with Crippen LogP contribution in [0.1, 0.15) is 17.4 Å². The summed E-state index contributed by atoms with van der Waals surface area (Å²) in [4.78, 5) is 16.7. The molecule has 4 rings (SSSR count). The molecule has 2 heterocycles. The Balaban J connectivity index is 1.34. The Morgan fingerprint density at radius 1 is 0.971 bits per heavy atom. The van der Waals surface area contributed by atoms with Crippen LogP contribution < -0.4 is 15.5 Å². The lowest BCUT2D eigenvalue weighted by Gasteiger charge is -2.39. The van der Waals surface area contributed by atoms with Crippen LogP contribution in [0.5, 0.6) is 0 Å². The molecule has 6 nitrogen and oxygen atoms in total. The van der Waals surface area contributed by atoms with Crippen LogP contribution in [-0.4, -0.2) is 43.7 Å². The number of anilines is 2. The Morgan fingerprint density at radius 2 is 1.65 bits per heavy atom. The summed E-state index contributed by atoms with van der Waals surface area (Å²) in [6.07, 6.45) is -2.86. The Bertz CT molecular complexity index is 1060. The highest BCUT2D eigenvalue weighted by molar-refractivity contribution is 5.89. The molecule has 2 aromatic carbocycles. The number of amides is 2. The van der Waals surface area contributed by atoms with Crippen molar-refractivity contribution >= 4 is 17.4 Å². The average molecular weight is 476 g/mol. The van der Waals surface area contributed by atoms with Crippen LogP contribution in [-0.2, 0) is 6.18 Å². The molecule has 1 saturated heterocycles. The second-order valence-corrected chi connectivity index (χ2v) is 7.94. The number of benzene rings is 2. The molecule has 3 aromatic rings. The van der Waals surface area contributed by atoms with Gasteiger partial charge < -0.3 is 20.0 Å². The van der Waals surface area contributed by atoms with Crippen LogP contribution >= 0.6 is 0 Å². The maximum absolute atomic E-state index is 13.2. The summed E-state index contributed by atoms with van der Waals surface area (Å²) in [6, 6.07) is 13.5. The lowest BCUT2D eigenvalue weighted by Crippen LogP contribution is -2.50. The van der Waals surface area contributed by atoms with Crippen molar-refractivity contribution in [1.29, 1.82) is 0 Å². The minimum atomic E-state index is -4.43. The Morgan fingerprint density at radius 3 is 2.24 bits per heavy atom. The van der Waals surface area contributed by atoms with Gasteiger partial charge in [-0.25, -0.2) is 9.18 Å². The molecule has 0 aliphatic carbocycles. The molecule has 0 bridgehead atoms. The van der Waals surface area contributed by atoms with E-state index in [4.69, 9.17) is 4.42 Å². The molecule has 2 amide bonds. The van der Waals surface area contributed by atoms with Crippen molar-refractivity contribution < 1.29 is 26.8 Å². The molecule has 1 aliphatic rings. The molecule has 1 unspecified atom stereocenters. The molecule has 10 heteroatoms. The number of rotatable bonds is 6. The van der Waals surface area contributed by atoms with Crippen LogP contribution in [0.25, 0.3) is 0 Å². The molecule has 1 aromatic heterocycles. The Labute approximate surface area is 194 Å². The van der Waals surface area contributed by atoms with Crippen molar-refractivity contribution in [2.24, 2.45) is 0 Å². The fourth-order valence-electron chi connectivity index (χ4n) is 3.94. The summed E-state index contributed by atoms with van der Waals surface area (Å²) >= 11 is 0. The van der Waals surface area contributed by atoms with Gasteiger partial charge in [0.1, 0.15) is 11.6 Å². The summed E-state index contributed by atoms with van der Waals surface area (Å²) in [6.45, 7) is 3.09. The van der Waals surface area contributed by atoms with Crippen LogP contribution in [0.2, 0.25) is 0 Å². The van der Waals surface area contributed by atoms with Crippen LogP contribution in [0, 0.1) is 5.82 Å². The van der Waals surface area contributed by atoms with Crippen molar-refractivity contribution in [2.45, 2.75) is 12.2 Å². The summed E-state index contributed by atoms with van der Waals surface area (Å²) in [5.74, 6) is 0.422. The summed E-state index contributed by atoms with van der Waals surface area (Å²) in [5, 5.41) is 5.33. The number of halogens is 4. The molecular weight excluding hydrogens is 452 g/mol. The van der Waals surface area contributed by atoms with Gasteiger partial charge >= 0.3 is 12.2 Å². The van der Waals surface area contributed by atoms with Gasteiger partial charge in [-0.2, -0.15) is 13.2 Å². The van der Waals surface area contributed by atoms with Gasteiger partial charge in [-0.1, -0.05) is 0 Å². The van der Waals surface area contributed by atoms with E-state index in [1.54, 1.807) is 24.5 Å². The van der Waals surface area contributed by atoms with Gasteiger partial charge in [0.2, 0.25) is 0 Å². The van der Waals surface area contributed by atoms with Crippen molar-refractivity contribution in [3.63, 3.8) is 0 Å². The number of furan rings is 1. The lowest BCUT2D eigenvalue weighted by molar-refractivity contribution is -0.137. The van der Waals surface area contributed by atoms with Gasteiger partial charge in [0.25, 0.3) is 0 Å². The van der Waals surface area contributed by atoms with Gasteiger partial charge in [0.15, 0.2) is 0 Å². The molecule has 1 aliphatic heterocycles.